The molecule has 0 spiro atoms. The molecule has 0 aliphatic rings. The number of allylic oxidation sites excluding steroid dienone is 1. The van der Waals surface area contributed by atoms with Gasteiger partial charge in [-0.15, -0.1) is 6.58 Å². The van der Waals surface area contributed by atoms with Crippen LogP contribution in [0.2, 0.25) is 0 Å². The van der Waals surface area contributed by atoms with E-state index in [1.807, 2.05) is 0 Å². The van der Waals surface area contributed by atoms with Gasteiger partial charge in [0.25, 0.3) is 0 Å². The van der Waals surface area contributed by atoms with Gasteiger partial charge in [-0.2, -0.15) is 0 Å². The van der Waals surface area contributed by atoms with Crippen molar-refractivity contribution in [3.63, 3.8) is 0 Å². The molecule has 2 N–H and O–H groups in total. The second kappa shape index (κ2) is 11.7. The Morgan fingerprint density at radius 3 is 2.12 bits per heavy atom. The quantitative estimate of drug-likeness (QED) is 0.402. The van der Waals surface area contributed by atoms with Crippen LogP contribution >= 0.6 is 0 Å². The summed E-state index contributed by atoms with van der Waals surface area (Å²) in [4.78, 5) is 11.1. The van der Waals surface area contributed by atoms with Crippen molar-refractivity contribution >= 4 is 5.91 Å². The lowest BCUT2D eigenvalue weighted by molar-refractivity contribution is -0.121. The number of hydrogen-bond acceptors (Lipinski definition) is 1. The normalized spacial score (nSPS) is 12.3. The molecule has 0 aromatic carbocycles. The lowest BCUT2D eigenvalue weighted by Gasteiger charge is -2.10. The second-order valence-electron chi connectivity index (χ2n) is 4.89. The van der Waals surface area contributed by atoms with Crippen molar-refractivity contribution in [1.29, 1.82) is 0 Å². The number of carbonyl (C=O) groups is 1. The molecular formula is C15H29NO. The predicted molar refractivity (Wildman–Crippen MR) is 74.7 cm³/mol. The average Bonchev–Trinajstić information content (AvgIpc) is 2.31. The van der Waals surface area contributed by atoms with E-state index in [0.29, 0.717) is 0 Å². The maximum absolute atomic E-state index is 11.1. The van der Waals surface area contributed by atoms with Crippen LogP contribution in [0, 0.1) is 5.92 Å². The molecule has 0 saturated heterocycles. The highest BCUT2D eigenvalue weighted by Gasteiger charge is 2.12. The number of unbranched alkanes of at least 4 members (excludes halogenated alkanes) is 7. The van der Waals surface area contributed by atoms with Crippen molar-refractivity contribution in [3.8, 4) is 0 Å². The minimum absolute atomic E-state index is 0.00703. The first-order valence-electron chi connectivity index (χ1n) is 7.12. The third-order valence-corrected chi connectivity index (χ3v) is 3.26. The minimum atomic E-state index is -0.173. The van der Waals surface area contributed by atoms with Crippen molar-refractivity contribution in [2.24, 2.45) is 11.7 Å². The van der Waals surface area contributed by atoms with Gasteiger partial charge in [0.05, 0.1) is 0 Å². The van der Waals surface area contributed by atoms with Gasteiger partial charge in [0, 0.05) is 5.92 Å². The molecule has 2 heteroatoms. The summed E-state index contributed by atoms with van der Waals surface area (Å²) in [7, 11) is 0. The fourth-order valence-electron chi connectivity index (χ4n) is 2.10. The van der Waals surface area contributed by atoms with Crippen molar-refractivity contribution in [2.75, 3.05) is 0 Å². The minimum Gasteiger partial charge on any atom is -0.369 e. The molecule has 0 heterocycles. The van der Waals surface area contributed by atoms with Crippen molar-refractivity contribution < 1.29 is 4.79 Å². The first-order chi connectivity index (χ1) is 8.22. The molecule has 2 nitrogen and oxygen atoms in total. The third-order valence-electron chi connectivity index (χ3n) is 3.26. The van der Waals surface area contributed by atoms with E-state index in [2.05, 4.69) is 13.5 Å². The molecule has 100 valence electrons. The van der Waals surface area contributed by atoms with Gasteiger partial charge in [0.2, 0.25) is 5.91 Å². The van der Waals surface area contributed by atoms with Crippen molar-refractivity contribution in [3.05, 3.63) is 12.7 Å². The molecule has 0 saturated carbocycles. The van der Waals surface area contributed by atoms with Crippen LogP contribution in [-0.2, 0) is 4.79 Å². The van der Waals surface area contributed by atoms with E-state index >= 15 is 0 Å². The third kappa shape index (κ3) is 10.1. The Hall–Kier alpha value is -0.790. The van der Waals surface area contributed by atoms with Crippen LogP contribution in [0.4, 0.5) is 0 Å². The first kappa shape index (κ1) is 16.2. The number of hydrogen-bond donors (Lipinski definition) is 1. The summed E-state index contributed by atoms with van der Waals surface area (Å²) in [6.45, 7) is 5.90. The van der Waals surface area contributed by atoms with Crippen molar-refractivity contribution in [1.82, 2.24) is 0 Å². The number of nitrogens with two attached hydrogens (primary N) is 1. The highest BCUT2D eigenvalue weighted by Crippen LogP contribution is 2.15. The van der Waals surface area contributed by atoms with Gasteiger partial charge in [-0.25, -0.2) is 0 Å². The van der Waals surface area contributed by atoms with E-state index in [9.17, 15) is 4.79 Å². The van der Waals surface area contributed by atoms with Crippen LogP contribution in [0.3, 0.4) is 0 Å². The molecule has 0 radical (unpaired) electrons. The van der Waals surface area contributed by atoms with Crippen LogP contribution in [-0.4, -0.2) is 5.91 Å². The highest BCUT2D eigenvalue weighted by molar-refractivity contribution is 5.76. The van der Waals surface area contributed by atoms with Gasteiger partial charge < -0.3 is 5.73 Å². The number of rotatable bonds is 12. The molecule has 0 fully saturated rings. The fourth-order valence-corrected chi connectivity index (χ4v) is 2.10. The first-order valence-corrected chi connectivity index (χ1v) is 7.12. The smallest absolute Gasteiger partial charge is 0.220 e. The SMILES string of the molecule is C=CCC(CCCCCCCCCC)C(N)=O. The van der Waals surface area contributed by atoms with Crippen molar-refractivity contribution in [2.45, 2.75) is 71.1 Å². The topological polar surface area (TPSA) is 43.1 Å². The molecule has 1 unspecified atom stereocenters. The van der Waals surface area contributed by atoms with Gasteiger partial charge in [-0.3, -0.25) is 4.79 Å². The largest absolute Gasteiger partial charge is 0.369 e. The zero-order valence-electron chi connectivity index (χ0n) is 11.4. The summed E-state index contributed by atoms with van der Waals surface area (Å²) >= 11 is 0. The van der Waals surface area contributed by atoms with E-state index in [1.54, 1.807) is 6.08 Å². The highest BCUT2D eigenvalue weighted by atomic mass is 16.1. The van der Waals surface area contributed by atoms with Crippen LogP contribution in [0.25, 0.3) is 0 Å². The molecule has 0 aliphatic heterocycles. The van der Waals surface area contributed by atoms with E-state index in [0.717, 1.165) is 19.3 Å². The van der Waals surface area contributed by atoms with Crippen LogP contribution in [0.5, 0.6) is 0 Å². The molecule has 0 aromatic heterocycles. The monoisotopic (exact) mass is 239 g/mol. The summed E-state index contributed by atoms with van der Waals surface area (Å²) in [5.74, 6) is -0.166. The lowest BCUT2D eigenvalue weighted by atomic mass is 9.96. The van der Waals surface area contributed by atoms with Gasteiger partial charge >= 0.3 is 0 Å². The summed E-state index contributed by atoms with van der Waals surface area (Å²) in [6.07, 6.45) is 13.8. The summed E-state index contributed by atoms with van der Waals surface area (Å²) in [5.41, 5.74) is 5.33. The van der Waals surface area contributed by atoms with E-state index < -0.39 is 0 Å². The fraction of sp³-hybridized carbons (Fsp3) is 0.800. The Balaban J connectivity index is 3.36. The van der Waals surface area contributed by atoms with Crippen LogP contribution in [0.1, 0.15) is 71.1 Å². The standard InChI is InChI=1S/C15H29NO/c1-3-5-6-7-8-9-10-11-13-14(12-4-2)15(16)17/h4,14H,2-3,5-13H2,1H3,(H2,16,17). The van der Waals surface area contributed by atoms with Gasteiger partial charge in [0.15, 0.2) is 0 Å². The molecule has 1 amide bonds. The molecule has 0 rings (SSSR count). The Morgan fingerprint density at radius 2 is 1.65 bits per heavy atom. The molecule has 0 aliphatic carbocycles. The van der Waals surface area contributed by atoms with E-state index in [1.165, 1.54) is 44.9 Å². The van der Waals surface area contributed by atoms with Gasteiger partial charge in [-0.1, -0.05) is 64.4 Å². The maximum atomic E-state index is 11.1. The Bertz CT molecular complexity index is 201. The van der Waals surface area contributed by atoms with E-state index in [4.69, 9.17) is 5.73 Å². The molecule has 0 bridgehead atoms. The zero-order chi connectivity index (χ0) is 12.9. The summed E-state index contributed by atoms with van der Waals surface area (Å²) < 4.78 is 0. The molecule has 1 atom stereocenters. The lowest BCUT2D eigenvalue weighted by Crippen LogP contribution is -2.22. The summed E-state index contributed by atoms with van der Waals surface area (Å²) in [5, 5.41) is 0. The Labute approximate surface area is 107 Å². The van der Waals surface area contributed by atoms with Gasteiger partial charge in [-0.05, 0) is 12.8 Å². The van der Waals surface area contributed by atoms with Gasteiger partial charge in [0.1, 0.15) is 0 Å². The number of amides is 1. The zero-order valence-corrected chi connectivity index (χ0v) is 11.4. The number of carbonyl (C=O) groups excluding carboxylic acids is 1. The molecule has 0 aromatic rings. The summed E-state index contributed by atoms with van der Waals surface area (Å²) in [6, 6.07) is 0. The second-order valence-corrected chi connectivity index (χ2v) is 4.89. The predicted octanol–water partition coefficient (Wildman–Crippen LogP) is 4.19. The van der Waals surface area contributed by atoms with Crippen LogP contribution < -0.4 is 5.73 Å². The van der Waals surface area contributed by atoms with Crippen LogP contribution in [0.15, 0.2) is 12.7 Å². The Kier molecular flexibility index (Phi) is 11.1. The maximum Gasteiger partial charge on any atom is 0.220 e. The molecule has 17 heavy (non-hydrogen) atoms. The van der Waals surface area contributed by atoms with E-state index in [-0.39, 0.29) is 11.8 Å². The Morgan fingerprint density at radius 1 is 1.12 bits per heavy atom. The molecular weight excluding hydrogens is 210 g/mol. The average molecular weight is 239 g/mol. The number of primary amides is 1.